The van der Waals surface area contributed by atoms with Gasteiger partial charge in [-0.1, -0.05) is 54.6 Å². The maximum atomic E-state index is 14.2. The van der Waals surface area contributed by atoms with Crippen molar-refractivity contribution in [3.8, 4) is 11.5 Å². The standard InChI is InChI=1S/C24H22N3O5P/c1-2-31-33(30,21-14-7-4-8-15-21)24-23(25-17-18-10-5-3-6-11-18)32-22(26-24)19-12-9-13-20(16-19)27(28)29/h3-16,25H,2,17H2,1H3/t33-/m0/s1. The van der Waals surface area contributed by atoms with Gasteiger partial charge in [-0.05, 0) is 30.7 Å². The van der Waals surface area contributed by atoms with Gasteiger partial charge in [0.1, 0.15) is 0 Å². The second-order valence-electron chi connectivity index (χ2n) is 7.12. The van der Waals surface area contributed by atoms with E-state index in [2.05, 4.69) is 10.3 Å². The topological polar surface area (TPSA) is 108 Å². The van der Waals surface area contributed by atoms with E-state index in [1.807, 2.05) is 36.4 Å². The highest BCUT2D eigenvalue weighted by Gasteiger charge is 2.36. The highest BCUT2D eigenvalue weighted by atomic mass is 31.2. The Kier molecular flexibility index (Phi) is 6.68. The average Bonchev–Trinajstić information content (AvgIpc) is 3.29. The van der Waals surface area contributed by atoms with Crippen molar-refractivity contribution in [2.45, 2.75) is 13.5 Å². The Hall–Kier alpha value is -3.74. The van der Waals surface area contributed by atoms with E-state index in [4.69, 9.17) is 8.94 Å². The summed E-state index contributed by atoms with van der Waals surface area (Å²) in [5, 5.41) is 14.9. The first-order valence-corrected chi connectivity index (χ1v) is 12.0. The van der Waals surface area contributed by atoms with Crippen LogP contribution in [-0.2, 0) is 15.6 Å². The van der Waals surface area contributed by atoms with Crippen LogP contribution in [0, 0.1) is 10.1 Å². The Bertz CT molecular complexity index is 1290. The molecule has 168 valence electrons. The van der Waals surface area contributed by atoms with Gasteiger partial charge in [0.15, 0.2) is 5.44 Å². The van der Waals surface area contributed by atoms with E-state index < -0.39 is 12.3 Å². The van der Waals surface area contributed by atoms with Crippen LogP contribution < -0.4 is 16.1 Å². The minimum atomic E-state index is -3.61. The maximum Gasteiger partial charge on any atom is 0.284 e. The van der Waals surface area contributed by atoms with Crippen LogP contribution in [-0.4, -0.2) is 16.5 Å². The van der Waals surface area contributed by atoms with Gasteiger partial charge >= 0.3 is 0 Å². The SMILES string of the molecule is CCO[P@@](=O)(c1ccccc1)c1nc(-c2cccc([N+](=O)[O-])c2)oc1NCc1ccccc1. The van der Waals surface area contributed by atoms with E-state index in [0.717, 1.165) is 5.56 Å². The minimum Gasteiger partial charge on any atom is -0.420 e. The van der Waals surface area contributed by atoms with Gasteiger partial charge in [0.2, 0.25) is 11.8 Å². The molecule has 8 nitrogen and oxygen atoms in total. The van der Waals surface area contributed by atoms with Gasteiger partial charge in [0.05, 0.1) is 11.5 Å². The molecule has 0 aliphatic heterocycles. The van der Waals surface area contributed by atoms with E-state index in [0.29, 0.717) is 17.4 Å². The third-order valence-corrected chi connectivity index (χ3v) is 7.36. The summed E-state index contributed by atoms with van der Waals surface area (Å²) in [7, 11) is -3.61. The molecule has 0 saturated carbocycles. The van der Waals surface area contributed by atoms with Crippen LogP contribution in [0.15, 0.2) is 89.3 Å². The van der Waals surface area contributed by atoms with Crippen LogP contribution in [0.25, 0.3) is 11.5 Å². The summed E-state index contributed by atoms with van der Waals surface area (Å²) in [6, 6.07) is 24.4. The van der Waals surface area contributed by atoms with Gasteiger partial charge in [-0.15, -0.1) is 0 Å². The highest BCUT2D eigenvalue weighted by molar-refractivity contribution is 7.74. The first-order chi connectivity index (χ1) is 16.0. The molecule has 33 heavy (non-hydrogen) atoms. The van der Waals surface area contributed by atoms with Crippen molar-refractivity contribution in [1.82, 2.24) is 4.98 Å². The van der Waals surface area contributed by atoms with Crippen molar-refractivity contribution < 1.29 is 18.4 Å². The molecule has 0 saturated heterocycles. The van der Waals surface area contributed by atoms with Crippen LogP contribution in [0.5, 0.6) is 0 Å². The van der Waals surface area contributed by atoms with Gasteiger partial charge < -0.3 is 14.3 Å². The summed E-state index contributed by atoms with van der Waals surface area (Å²) >= 11 is 0. The van der Waals surface area contributed by atoms with E-state index in [-0.39, 0.29) is 29.5 Å². The van der Waals surface area contributed by atoms with Crippen LogP contribution in [0.2, 0.25) is 0 Å². The summed E-state index contributed by atoms with van der Waals surface area (Å²) < 4.78 is 25.9. The summed E-state index contributed by atoms with van der Waals surface area (Å²) in [6.45, 7) is 2.36. The zero-order valence-corrected chi connectivity index (χ0v) is 18.8. The van der Waals surface area contributed by atoms with E-state index in [1.165, 1.54) is 12.1 Å². The lowest BCUT2D eigenvalue weighted by molar-refractivity contribution is -0.384. The van der Waals surface area contributed by atoms with Gasteiger partial charge in [0.25, 0.3) is 13.1 Å². The fourth-order valence-corrected chi connectivity index (χ4v) is 5.40. The predicted molar refractivity (Wildman–Crippen MR) is 127 cm³/mol. The highest BCUT2D eigenvalue weighted by Crippen LogP contribution is 2.47. The number of oxazole rings is 1. The lowest BCUT2D eigenvalue weighted by Crippen LogP contribution is -2.22. The van der Waals surface area contributed by atoms with Crippen LogP contribution >= 0.6 is 7.37 Å². The quantitative estimate of drug-likeness (QED) is 0.208. The molecule has 0 radical (unpaired) electrons. The van der Waals surface area contributed by atoms with Gasteiger partial charge in [0, 0.05) is 29.5 Å². The van der Waals surface area contributed by atoms with Crippen LogP contribution in [0.4, 0.5) is 11.6 Å². The van der Waals surface area contributed by atoms with Gasteiger partial charge in [-0.3, -0.25) is 14.7 Å². The largest absolute Gasteiger partial charge is 0.420 e. The van der Waals surface area contributed by atoms with E-state index in [1.54, 1.807) is 43.3 Å². The van der Waals surface area contributed by atoms with E-state index >= 15 is 0 Å². The number of nitrogens with one attached hydrogen (secondary N) is 1. The number of aromatic nitrogens is 1. The van der Waals surface area contributed by atoms with E-state index in [9.17, 15) is 14.7 Å². The monoisotopic (exact) mass is 463 g/mol. The second-order valence-corrected chi connectivity index (χ2v) is 9.42. The molecule has 1 atom stereocenters. The molecule has 4 rings (SSSR count). The number of benzene rings is 3. The zero-order chi connectivity index (χ0) is 23.3. The third kappa shape index (κ3) is 4.87. The number of hydrogen-bond donors (Lipinski definition) is 1. The van der Waals surface area contributed by atoms with Crippen LogP contribution in [0.1, 0.15) is 12.5 Å². The second kappa shape index (κ2) is 9.81. The normalized spacial score (nSPS) is 12.8. The number of hydrogen-bond acceptors (Lipinski definition) is 7. The molecule has 1 aromatic heterocycles. The molecule has 0 spiro atoms. The van der Waals surface area contributed by atoms with Crippen molar-refractivity contribution in [2.24, 2.45) is 0 Å². The molecule has 3 aromatic carbocycles. The van der Waals surface area contributed by atoms with Crippen molar-refractivity contribution in [3.63, 3.8) is 0 Å². The molecule has 0 bridgehead atoms. The fourth-order valence-electron chi connectivity index (χ4n) is 3.34. The molecule has 0 amide bonds. The lowest BCUT2D eigenvalue weighted by Gasteiger charge is -2.17. The van der Waals surface area contributed by atoms with Gasteiger partial charge in [-0.25, -0.2) is 4.98 Å². The summed E-state index contributed by atoms with van der Waals surface area (Å²) in [6.07, 6.45) is 0. The summed E-state index contributed by atoms with van der Waals surface area (Å²) in [5.41, 5.74) is 1.42. The Morgan fingerprint density at radius 3 is 2.39 bits per heavy atom. The number of rotatable bonds is 9. The molecule has 1 heterocycles. The van der Waals surface area contributed by atoms with Gasteiger partial charge in [-0.2, -0.15) is 0 Å². The Labute approximate surface area is 190 Å². The molecule has 0 aliphatic carbocycles. The number of nitro groups is 1. The molecule has 1 N–H and O–H groups in total. The first-order valence-electron chi connectivity index (χ1n) is 10.4. The zero-order valence-electron chi connectivity index (χ0n) is 17.9. The number of nitrogens with zero attached hydrogens (tertiary/aromatic N) is 2. The Morgan fingerprint density at radius 1 is 1.03 bits per heavy atom. The molecule has 0 aliphatic rings. The summed E-state index contributed by atoms with van der Waals surface area (Å²) in [5.74, 6) is 0.307. The summed E-state index contributed by atoms with van der Waals surface area (Å²) in [4.78, 5) is 15.3. The number of anilines is 1. The Morgan fingerprint density at radius 2 is 1.73 bits per heavy atom. The minimum absolute atomic E-state index is 0.0953. The molecular weight excluding hydrogens is 441 g/mol. The van der Waals surface area contributed by atoms with Crippen LogP contribution in [0.3, 0.4) is 0 Å². The molecule has 0 fully saturated rings. The third-order valence-electron chi connectivity index (χ3n) is 4.89. The van der Waals surface area contributed by atoms with Crippen molar-refractivity contribution in [2.75, 3.05) is 11.9 Å². The molecule has 4 aromatic rings. The maximum absolute atomic E-state index is 14.2. The Balaban J connectivity index is 1.82. The molecule has 0 unspecified atom stereocenters. The molecule has 9 heteroatoms. The predicted octanol–water partition coefficient (Wildman–Crippen LogP) is 5.13. The lowest BCUT2D eigenvalue weighted by atomic mass is 10.2. The number of non-ortho nitro benzene ring substituents is 1. The molecular formula is C24H22N3O5P. The average molecular weight is 463 g/mol. The van der Waals surface area contributed by atoms with Crippen molar-refractivity contribution in [1.29, 1.82) is 0 Å². The fraction of sp³-hybridized carbons (Fsp3) is 0.125. The smallest absolute Gasteiger partial charge is 0.284 e. The first kappa shape index (κ1) is 22.5. The number of nitro benzene ring substituents is 1. The van der Waals surface area contributed by atoms with Crippen molar-refractivity contribution in [3.05, 3.63) is 101 Å². The van der Waals surface area contributed by atoms with Crippen molar-refractivity contribution >= 4 is 29.7 Å².